The largest absolute Gasteiger partial charge is 0.315 e. The first-order valence-electron chi connectivity index (χ1n) is 12.1. The quantitative estimate of drug-likeness (QED) is 0.650. The van der Waals surface area contributed by atoms with Crippen LogP contribution in [0.15, 0.2) is 29.2 Å². The summed E-state index contributed by atoms with van der Waals surface area (Å²) >= 11 is 1.54. The van der Waals surface area contributed by atoms with E-state index in [-0.39, 0.29) is 17.9 Å². The van der Waals surface area contributed by atoms with Gasteiger partial charge in [0.2, 0.25) is 15.9 Å². The van der Waals surface area contributed by atoms with E-state index in [4.69, 9.17) is 0 Å². The molecule has 7 nitrogen and oxygen atoms in total. The molecule has 9 heteroatoms. The van der Waals surface area contributed by atoms with E-state index in [0.29, 0.717) is 47.6 Å². The highest BCUT2D eigenvalue weighted by molar-refractivity contribution is 7.89. The molecule has 2 aliphatic rings. The molecule has 1 unspecified atom stereocenters. The Labute approximate surface area is 212 Å². The Kier molecular flexibility index (Phi) is 7.39. The number of fused-ring (bicyclic) bond motifs is 1. The van der Waals surface area contributed by atoms with Gasteiger partial charge in [0.1, 0.15) is 11.1 Å². The fourth-order valence-electron chi connectivity index (χ4n) is 4.89. The summed E-state index contributed by atoms with van der Waals surface area (Å²) in [5.74, 6) is 0.401. The maximum Gasteiger partial charge on any atom is 0.243 e. The van der Waals surface area contributed by atoms with Gasteiger partial charge in [0, 0.05) is 31.1 Å². The maximum atomic E-state index is 12.9. The summed E-state index contributed by atoms with van der Waals surface area (Å²) in [6.07, 6.45) is 2.89. The highest BCUT2D eigenvalue weighted by Gasteiger charge is 2.33. The smallest absolute Gasteiger partial charge is 0.243 e. The molecule has 1 saturated heterocycles. The second kappa shape index (κ2) is 10.0. The van der Waals surface area contributed by atoms with Crippen LogP contribution in [0.25, 0.3) is 0 Å². The number of nitrogens with one attached hydrogen (secondary N) is 1. The van der Waals surface area contributed by atoms with Crippen LogP contribution in [-0.4, -0.2) is 56.3 Å². The predicted molar refractivity (Wildman–Crippen MR) is 139 cm³/mol. The molecule has 0 bridgehead atoms. The summed E-state index contributed by atoms with van der Waals surface area (Å²) in [5.41, 5.74) is 2.94. The number of aryl methyl sites for hydroxylation is 1. The highest BCUT2D eigenvalue weighted by atomic mass is 32.2. The summed E-state index contributed by atoms with van der Waals surface area (Å²) in [6, 6.07) is 9.20. The van der Waals surface area contributed by atoms with Crippen LogP contribution < -0.4 is 5.32 Å². The SMILES string of the molecule is Cc1ccc(S(=O)(=O)N2CCN(CC(=O)Nc3sc4c(c3C#N)CCC(C(C)(C)C)C4)CC2)cc1. The lowest BCUT2D eigenvalue weighted by molar-refractivity contribution is -0.117. The number of nitriles is 1. The Hall–Kier alpha value is -2.25. The summed E-state index contributed by atoms with van der Waals surface area (Å²) in [5, 5.41) is 13.4. The van der Waals surface area contributed by atoms with Gasteiger partial charge in [-0.1, -0.05) is 38.5 Å². The lowest BCUT2D eigenvalue weighted by Gasteiger charge is -2.33. The van der Waals surface area contributed by atoms with E-state index in [1.165, 1.54) is 20.5 Å². The van der Waals surface area contributed by atoms with E-state index < -0.39 is 10.0 Å². The van der Waals surface area contributed by atoms with Crippen molar-refractivity contribution in [3.8, 4) is 6.07 Å². The van der Waals surface area contributed by atoms with Crippen molar-refractivity contribution in [2.75, 3.05) is 38.0 Å². The van der Waals surface area contributed by atoms with E-state index in [1.807, 2.05) is 11.8 Å². The molecule has 1 amide bonds. The summed E-state index contributed by atoms with van der Waals surface area (Å²) in [6.45, 7) is 10.5. The number of rotatable bonds is 5. The third-order valence-corrected chi connectivity index (χ3v) is 10.3. The normalized spacial score (nSPS) is 19.7. The number of hydrogen-bond acceptors (Lipinski definition) is 6. The molecular formula is C26H34N4O3S2. The Morgan fingerprint density at radius 3 is 2.43 bits per heavy atom. The molecule has 0 saturated carbocycles. The number of thiophene rings is 1. The minimum absolute atomic E-state index is 0.165. The lowest BCUT2D eigenvalue weighted by Crippen LogP contribution is -2.50. The Morgan fingerprint density at radius 2 is 1.83 bits per heavy atom. The van der Waals surface area contributed by atoms with E-state index in [0.717, 1.165) is 30.4 Å². The molecule has 1 atom stereocenters. The number of carbonyl (C=O) groups excluding carboxylic acids is 1. The van der Waals surface area contributed by atoms with Crippen LogP contribution in [0.1, 0.15) is 48.8 Å². The third-order valence-electron chi connectivity index (χ3n) is 7.21. The standard InChI is InChI=1S/C26H34N4O3S2/c1-18-5-8-20(9-6-18)35(32,33)30-13-11-29(12-14-30)17-24(31)28-25-22(16-27)21-10-7-19(26(2,3)4)15-23(21)34-25/h5-6,8-9,19H,7,10-15,17H2,1-4H3,(H,28,31). The number of amides is 1. The summed E-state index contributed by atoms with van der Waals surface area (Å²) in [7, 11) is -3.53. The molecule has 1 aromatic heterocycles. The molecule has 35 heavy (non-hydrogen) atoms. The van der Waals surface area contributed by atoms with Gasteiger partial charge in [0.25, 0.3) is 0 Å². The van der Waals surface area contributed by atoms with Crippen molar-refractivity contribution in [1.29, 1.82) is 5.26 Å². The van der Waals surface area contributed by atoms with E-state index in [1.54, 1.807) is 24.3 Å². The van der Waals surface area contributed by atoms with Crippen molar-refractivity contribution in [3.63, 3.8) is 0 Å². The van der Waals surface area contributed by atoms with Gasteiger partial charge in [0.05, 0.1) is 17.0 Å². The zero-order valence-corrected chi connectivity index (χ0v) is 22.6. The first-order valence-corrected chi connectivity index (χ1v) is 14.4. The molecule has 1 aromatic carbocycles. The molecule has 2 heterocycles. The minimum atomic E-state index is -3.53. The number of nitrogens with zero attached hydrogens (tertiary/aromatic N) is 3. The second-order valence-electron chi connectivity index (χ2n) is 10.7. The van der Waals surface area contributed by atoms with Crippen molar-refractivity contribution in [2.45, 2.75) is 51.9 Å². The topological polar surface area (TPSA) is 93.5 Å². The van der Waals surface area contributed by atoms with Gasteiger partial charge in [0.15, 0.2) is 0 Å². The predicted octanol–water partition coefficient (Wildman–Crippen LogP) is 4.02. The van der Waals surface area contributed by atoms with E-state index in [2.05, 4.69) is 32.2 Å². The number of anilines is 1. The van der Waals surface area contributed by atoms with Gasteiger partial charge in [-0.3, -0.25) is 9.69 Å². The number of carbonyl (C=O) groups is 1. The van der Waals surface area contributed by atoms with Crippen molar-refractivity contribution in [3.05, 3.63) is 45.8 Å². The molecule has 1 aliphatic carbocycles. The van der Waals surface area contributed by atoms with Crippen LogP contribution >= 0.6 is 11.3 Å². The van der Waals surface area contributed by atoms with Crippen molar-refractivity contribution < 1.29 is 13.2 Å². The molecule has 2 aromatic rings. The Balaban J connectivity index is 1.35. The lowest BCUT2D eigenvalue weighted by atomic mass is 9.72. The van der Waals surface area contributed by atoms with E-state index in [9.17, 15) is 18.5 Å². The average molecular weight is 515 g/mol. The Morgan fingerprint density at radius 1 is 1.17 bits per heavy atom. The van der Waals surface area contributed by atoms with E-state index >= 15 is 0 Å². The second-order valence-corrected chi connectivity index (χ2v) is 13.7. The third kappa shape index (κ3) is 5.61. The van der Waals surface area contributed by atoms with Crippen LogP contribution in [0.2, 0.25) is 0 Å². The first-order chi connectivity index (χ1) is 16.5. The molecule has 1 aliphatic heterocycles. The molecule has 1 N–H and O–H groups in total. The fraction of sp³-hybridized carbons (Fsp3) is 0.538. The van der Waals surface area contributed by atoms with Crippen molar-refractivity contribution >= 4 is 32.3 Å². The van der Waals surface area contributed by atoms with Gasteiger partial charge in [-0.2, -0.15) is 9.57 Å². The highest BCUT2D eigenvalue weighted by Crippen LogP contribution is 2.44. The van der Waals surface area contributed by atoms with Crippen LogP contribution in [-0.2, 0) is 27.7 Å². The van der Waals surface area contributed by atoms with Gasteiger partial charge in [-0.25, -0.2) is 8.42 Å². The number of sulfonamides is 1. The molecule has 4 rings (SSSR count). The molecule has 0 radical (unpaired) electrons. The molecular weight excluding hydrogens is 480 g/mol. The van der Waals surface area contributed by atoms with Crippen LogP contribution in [0.3, 0.4) is 0 Å². The number of piperazine rings is 1. The fourth-order valence-corrected chi connectivity index (χ4v) is 7.60. The summed E-state index contributed by atoms with van der Waals surface area (Å²) in [4.78, 5) is 16.3. The monoisotopic (exact) mass is 514 g/mol. The van der Waals surface area contributed by atoms with Gasteiger partial charge in [-0.05, 0) is 55.2 Å². The Bertz CT molecular complexity index is 1230. The number of benzene rings is 1. The number of hydrogen-bond donors (Lipinski definition) is 1. The molecule has 0 spiro atoms. The first kappa shape index (κ1) is 25.8. The zero-order chi connectivity index (χ0) is 25.4. The molecule has 188 valence electrons. The van der Waals surface area contributed by atoms with Crippen LogP contribution in [0.5, 0.6) is 0 Å². The molecule has 1 fully saturated rings. The minimum Gasteiger partial charge on any atom is -0.315 e. The van der Waals surface area contributed by atoms with Crippen molar-refractivity contribution in [1.82, 2.24) is 9.21 Å². The van der Waals surface area contributed by atoms with Gasteiger partial charge >= 0.3 is 0 Å². The maximum absolute atomic E-state index is 12.9. The van der Waals surface area contributed by atoms with Gasteiger partial charge in [-0.15, -0.1) is 11.3 Å². The zero-order valence-electron chi connectivity index (χ0n) is 20.9. The van der Waals surface area contributed by atoms with Crippen molar-refractivity contribution in [2.24, 2.45) is 11.3 Å². The van der Waals surface area contributed by atoms with Gasteiger partial charge < -0.3 is 5.32 Å². The summed E-state index contributed by atoms with van der Waals surface area (Å²) < 4.78 is 27.3. The average Bonchev–Trinajstić information content (AvgIpc) is 3.15. The van der Waals surface area contributed by atoms with Crippen LogP contribution in [0, 0.1) is 29.6 Å². The van der Waals surface area contributed by atoms with Crippen LogP contribution in [0.4, 0.5) is 5.00 Å².